The Labute approximate surface area is 329 Å². The number of carbonyl (C=O) groups excluding carboxylic acids is 2. The molecule has 6 rings (SSSR count). The molecule has 4 aromatic carbocycles. The molecular formula is C42H48Br2N4O5. The number of benzene rings is 4. The topological polar surface area (TPSA) is 117 Å². The van der Waals surface area contributed by atoms with Crippen molar-refractivity contribution in [3.8, 4) is 22.6 Å². The number of nitrogens with zero attached hydrogens (tertiary/aromatic N) is 2. The van der Waals surface area contributed by atoms with Crippen LogP contribution in [0.1, 0.15) is 71.9 Å². The summed E-state index contributed by atoms with van der Waals surface area (Å²) in [5.41, 5.74) is 16.5. The van der Waals surface area contributed by atoms with Crippen LogP contribution < -0.4 is 20.7 Å². The molecule has 280 valence electrons. The van der Waals surface area contributed by atoms with Gasteiger partial charge in [0.15, 0.2) is 0 Å². The lowest BCUT2D eigenvalue weighted by Gasteiger charge is -2.34. The number of piperidine rings is 2. The second-order valence-electron chi connectivity index (χ2n) is 14.1. The molecule has 2 atom stereocenters. The Balaban J connectivity index is 1.09. The van der Waals surface area contributed by atoms with Crippen molar-refractivity contribution in [1.29, 1.82) is 0 Å². The molecule has 0 radical (unpaired) electrons. The number of primary amides is 1. The summed E-state index contributed by atoms with van der Waals surface area (Å²) in [6, 6.07) is 24.3. The van der Waals surface area contributed by atoms with E-state index in [1.54, 1.807) is 0 Å². The first-order valence-corrected chi connectivity index (χ1v) is 19.9. The summed E-state index contributed by atoms with van der Waals surface area (Å²) in [7, 11) is 0. The highest BCUT2D eigenvalue weighted by molar-refractivity contribution is 9.10. The van der Waals surface area contributed by atoms with Crippen LogP contribution in [-0.4, -0.2) is 52.0 Å². The fraction of sp³-hybridized carbons (Fsp3) is 0.381. The van der Waals surface area contributed by atoms with Crippen molar-refractivity contribution < 1.29 is 24.3 Å². The van der Waals surface area contributed by atoms with E-state index in [1.807, 2.05) is 29.7 Å². The number of hydroxylamine groups is 1. The molecule has 0 aromatic heterocycles. The van der Waals surface area contributed by atoms with Gasteiger partial charge in [0.05, 0.1) is 21.0 Å². The number of nitrogens with two attached hydrogens (primary N) is 1. The first kappa shape index (κ1) is 39.0. The summed E-state index contributed by atoms with van der Waals surface area (Å²) in [5, 5.41) is 9.19. The zero-order chi connectivity index (χ0) is 37.5. The van der Waals surface area contributed by atoms with Crippen molar-refractivity contribution in [2.45, 2.75) is 90.8 Å². The van der Waals surface area contributed by atoms with Crippen molar-refractivity contribution in [3.63, 3.8) is 0 Å². The Hall–Kier alpha value is -3.74. The van der Waals surface area contributed by atoms with Gasteiger partial charge in [0.2, 0.25) is 5.91 Å². The van der Waals surface area contributed by atoms with Crippen LogP contribution in [-0.2, 0) is 35.9 Å². The third-order valence-corrected chi connectivity index (χ3v) is 11.9. The molecule has 9 nitrogen and oxygen atoms in total. The van der Waals surface area contributed by atoms with E-state index in [0.717, 1.165) is 117 Å². The molecule has 2 amide bonds. The highest BCUT2D eigenvalue weighted by Gasteiger charge is 2.29. The molecule has 0 spiro atoms. The Morgan fingerprint density at radius 2 is 1.21 bits per heavy atom. The Bertz CT molecular complexity index is 1940. The summed E-state index contributed by atoms with van der Waals surface area (Å²) in [6.45, 7) is 8.09. The lowest BCUT2D eigenvalue weighted by Crippen LogP contribution is -2.48. The molecular weight excluding hydrogens is 800 g/mol. The molecule has 2 fully saturated rings. The summed E-state index contributed by atoms with van der Waals surface area (Å²) in [4.78, 5) is 28.5. The van der Waals surface area contributed by atoms with Crippen LogP contribution in [0.25, 0.3) is 11.1 Å². The van der Waals surface area contributed by atoms with E-state index in [2.05, 4.69) is 104 Å². The van der Waals surface area contributed by atoms with Crippen molar-refractivity contribution in [2.24, 2.45) is 5.73 Å². The number of likely N-dealkylation sites (tertiary alicyclic amines) is 2. The Morgan fingerprint density at radius 1 is 0.736 bits per heavy atom. The van der Waals surface area contributed by atoms with E-state index < -0.39 is 0 Å². The van der Waals surface area contributed by atoms with Crippen LogP contribution in [0.3, 0.4) is 0 Å². The number of rotatable bonds is 13. The molecule has 0 aliphatic carbocycles. The standard InChI is InChI=1S/C42H48Br2N4O5/c1-27-31(25-52-39-17-15-29(21-35(39)43)23-47-19-5-3-13-37(47)41(45)49)9-7-11-33(27)34-12-8-10-32(28(34)2)26-53-40-18-16-30(22-36(40)44)24-48-20-6-4-14-38(48)42(50)46-51/h7-12,15-18,21-22,37-38,51H,3-6,13-14,19-20,23-26H2,1-2H3,(H2,45,49)(H,46,50)/t37-,38-/m0/s1. The van der Waals surface area contributed by atoms with Gasteiger partial charge in [-0.05, 0) is 153 Å². The first-order chi connectivity index (χ1) is 25.6. The fourth-order valence-electron chi connectivity index (χ4n) is 7.62. The van der Waals surface area contributed by atoms with E-state index in [0.29, 0.717) is 26.3 Å². The van der Waals surface area contributed by atoms with Gasteiger partial charge in [-0.3, -0.25) is 24.6 Å². The molecule has 53 heavy (non-hydrogen) atoms. The predicted octanol–water partition coefficient (Wildman–Crippen LogP) is 8.35. The summed E-state index contributed by atoms with van der Waals surface area (Å²) in [5.74, 6) is 0.919. The Morgan fingerprint density at radius 3 is 1.66 bits per heavy atom. The van der Waals surface area contributed by atoms with E-state index in [1.165, 1.54) is 0 Å². The fourth-order valence-corrected chi connectivity index (χ4v) is 8.70. The zero-order valence-corrected chi connectivity index (χ0v) is 33.5. The number of hydrogen-bond donors (Lipinski definition) is 3. The third kappa shape index (κ3) is 9.50. The quantitative estimate of drug-likeness (QED) is 0.0915. The largest absolute Gasteiger partial charge is 0.488 e. The Kier molecular flexibility index (Phi) is 13.3. The number of carbonyl (C=O) groups is 2. The molecule has 0 unspecified atom stereocenters. The number of nitrogens with one attached hydrogen (secondary N) is 1. The van der Waals surface area contributed by atoms with Crippen LogP contribution in [0.15, 0.2) is 81.7 Å². The average Bonchev–Trinajstić information content (AvgIpc) is 3.15. The van der Waals surface area contributed by atoms with E-state index in [4.69, 9.17) is 15.2 Å². The van der Waals surface area contributed by atoms with Gasteiger partial charge in [0, 0.05) is 13.1 Å². The lowest BCUT2D eigenvalue weighted by molar-refractivity contribution is -0.136. The minimum Gasteiger partial charge on any atom is -0.488 e. The summed E-state index contributed by atoms with van der Waals surface area (Å²) < 4.78 is 14.4. The molecule has 0 bridgehead atoms. The third-order valence-electron chi connectivity index (χ3n) is 10.7. The number of ether oxygens (including phenoxy) is 2. The maximum atomic E-state index is 12.2. The molecule has 2 saturated heterocycles. The summed E-state index contributed by atoms with van der Waals surface area (Å²) >= 11 is 7.41. The smallest absolute Gasteiger partial charge is 0.260 e. The SMILES string of the molecule is Cc1c(COc2ccc(CN3CCCC[C@H]3C(N)=O)cc2Br)cccc1-c1cccc(COc2ccc(CN3CCCC[C@H]3C(=O)NO)cc2Br)c1C. The highest BCUT2D eigenvalue weighted by atomic mass is 79.9. The number of hydrogen-bond acceptors (Lipinski definition) is 7. The van der Waals surface area contributed by atoms with Gasteiger partial charge in [-0.15, -0.1) is 0 Å². The van der Waals surface area contributed by atoms with Crippen LogP contribution in [0.5, 0.6) is 11.5 Å². The van der Waals surface area contributed by atoms with Gasteiger partial charge in [0.25, 0.3) is 5.91 Å². The van der Waals surface area contributed by atoms with Gasteiger partial charge in [0.1, 0.15) is 24.7 Å². The van der Waals surface area contributed by atoms with E-state index in [9.17, 15) is 14.8 Å². The van der Waals surface area contributed by atoms with E-state index in [-0.39, 0.29) is 23.9 Å². The molecule has 2 aliphatic heterocycles. The zero-order valence-electron chi connectivity index (χ0n) is 30.4. The van der Waals surface area contributed by atoms with Gasteiger partial charge < -0.3 is 15.2 Å². The van der Waals surface area contributed by atoms with Crippen molar-refractivity contribution in [1.82, 2.24) is 15.3 Å². The second kappa shape index (κ2) is 18.1. The molecule has 2 heterocycles. The minimum absolute atomic E-state index is 0.207. The molecule has 11 heteroatoms. The van der Waals surface area contributed by atoms with Crippen LogP contribution >= 0.6 is 31.9 Å². The molecule has 2 aliphatic rings. The van der Waals surface area contributed by atoms with Gasteiger partial charge in [-0.1, -0.05) is 61.4 Å². The molecule has 4 aromatic rings. The van der Waals surface area contributed by atoms with Crippen molar-refractivity contribution in [2.75, 3.05) is 13.1 Å². The highest BCUT2D eigenvalue weighted by Crippen LogP contribution is 2.34. The maximum absolute atomic E-state index is 12.2. The van der Waals surface area contributed by atoms with Gasteiger partial charge in [-0.25, -0.2) is 5.48 Å². The van der Waals surface area contributed by atoms with Crippen LogP contribution in [0.2, 0.25) is 0 Å². The van der Waals surface area contributed by atoms with E-state index >= 15 is 0 Å². The van der Waals surface area contributed by atoms with Crippen molar-refractivity contribution >= 4 is 43.7 Å². The monoisotopic (exact) mass is 846 g/mol. The average molecular weight is 849 g/mol. The second-order valence-corrected chi connectivity index (χ2v) is 15.8. The maximum Gasteiger partial charge on any atom is 0.260 e. The first-order valence-electron chi connectivity index (χ1n) is 18.3. The van der Waals surface area contributed by atoms with Gasteiger partial charge >= 0.3 is 0 Å². The molecule has 0 saturated carbocycles. The molecule has 4 N–H and O–H groups in total. The summed E-state index contributed by atoms with van der Waals surface area (Å²) in [6.07, 6.45) is 5.67. The minimum atomic E-state index is -0.349. The van der Waals surface area contributed by atoms with Gasteiger partial charge in [-0.2, -0.15) is 0 Å². The lowest BCUT2D eigenvalue weighted by atomic mass is 9.92. The van der Waals surface area contributed by atoms with Crippen molar-refractivity contribution in [3.05, 3.63) is 115 Å². The normalized spacial score (nSPS) is 18.1. The number of halogens is 2. The van der Waals surface area contributed by atoms with Crippen LogP contribution in [0, 0.1) is 13.8 Å². The predicted molar refractivity (Wildman–Crippen MR) is 214 cm³/mol. The number of amides is 2. The van der Waals surface area contributed by atoms with Crippen LogP contribution in [0.4, 0.5) is 0 Å².